The van der Waals surface area contributed by atoms with Crippen molar-refractivity contribution in [2.45, 2.75) is 6.61 Å². The number of pyridine rings is 1. The number of aromatic nitrogens is 1. The van der Waals surface area contributed by atoms with Gasteiger partial charge in [0.15, 0.2) is 0 Å². The molecule has 5 heteroatoms. The number of hydrogen-bond acceptors (Lipinski definition) is 2. The lowest BCUT2D eigenvalue weighted by Gasteiger charge is -2.11. The first-order valence-corrected chi connectivity index (χ1v) is 6.24. The average molecular weight is 310 g/mol. The van der Waals surface area contributed by atoms with Crippen LogP contribution in [-0.2, 0) is 11.3 Å². The number of methoxy groups -OCH3 is 1. The second-order valence-electron chi connectivity index (χ2n) is 3.93. The van der Waals surface area contributed by atoms with E-state index in [1.807, 2.05) is 24.3 Å². The highest BCUT2D eigenvalue weighted by Crippen LogP contribution is 2.17. The molecule has 0 fully saturated rings. The SMILES string of the molecule is COCc1cc([NH3+])ccc1-n1cccc(Br)c1=O. The van der Waals surface area contributed by atoms with Crippen molar-refractivity contribution in [3.8, 4) is 5.69 Å². The first-order valence-electron chi connectivity index (χ1n) is 5.45. The number of nitrogens with zero attached hydrogens (tertiary/aromatic N) is 1. The smallest absolute Gasteiger partial charge is 0.269 e. The summed E-state index contributed by atoms with van der Waals surface area (Å²) in [4.78, 5) is 12.1. The minimum absolute atomic E-state index is 0.0911. The van der Waals surface area contributed by atoms with Gasteiger partial charge in [0.25, 0.3) is 5.56 Å². The summed E-state index contributed by atoms with van der Waals surface area (Å²) in [6.07, 6.45) is 1.74. The maximum atomic E-state index is 12.1. The van der Waals surface area contributed by atoms with Crippen LogP contribution in [-0.4, -0.2) is 11.7 Å². The highest BCUT2D eigenvalue weighted by atomic mass is 79.9. The van der Waals surface area contributed by atoms with Gasteiger partial charge in [-0.1, -0.05) is 0 Å². The van der Waals surface area contributed by atoms with Crippen LogP contribution in [0.4, 0.5) is 5.69 Å². The molecule has 0 radical (unpaired) electrons. The Morgan fingerprint density at radius 1 is 1.39 bits per heavy atom. The minimum Gasteiger partial charge on any atom is -0.380 e. The molecule has 0 spiro atoms. The quantitative estimate of drug-likeness (QED) is 0.936. The van der Waals surface area contributed by atoms with E-state index in [4.69, 9.17) is 4.74 Å². The first kappa shape index (κ1) is 13.0. The Morgan fingerprint density at radius 3 is 2.89 bits per heavy atom. The number of benzene rings is 1. The van der Waals surface area contributed by atoms with Crippen LogP contribution < -0.4 is 11.3 Å². The van der Waals surface area contributed by atoms with Gasteiger partial charge in [-0.3, -0.25) is 9.36 Å². The van der Waals surface area contributed by atoms with Crippen molar-refractivity contribution in [1.29, 1.82) is 0 Å². The van der Waals surface area contributed by atoms with Crippen LogP contribution in [0.3, 0.4) is 0 Å². The van der Waals surface area contributed by atoms with E-state index >= 15 is 0 Å². The van der Waals surface area contributed by atoms with Crippen molar-refractivity contribution < 1.29 is 10.5 Å². The molecule has 18 heavy (non-hydrogen) atoms. The third-order valence-corrected chi connectivity index (χ3v) is 3.21. The lowest BCUT2D eigenvalue weighted by atomic mass is 10.1. The van der Waals surface area contributed by atoms with Crippen molar-refractivity contribution in [1.82, 2.24) is 4.57 Å². The molecule has 1 heterocycles. The Hall–Kier alpha value is -1.43. The molecule has 0 unspecified atom stereocenters. The van der Waals surface area contributed by atoms with E-state index in [9.17, 15) is 4.79 Å². The number of rotatable bonds is 3. The number of ether oxygens (including phenoxy) is 1. The molecule has 2 aromatic rings. The largest absolute Gasteiger partial charge is 0.380 e. The summed E-state index contributed by atoms with van der Waals surface area (Å²) in [5.41, 5.74) is 6.44. The van der Waals surface area contributed by atoms with Crippen molar-refractivity contribution in [2.24, 2.45) is 0 Å². The van der Waals surface area contributed by atoms with Crippen LogP contribution in [0.5, 0.6) is 0 Å². The minimum atomic E-state index is -0.0911. The van der Waals surface area contributed by atoms with Crippen LogP contribution in [0.2, 0.25) is 0 Å². The maximum Gasteiger partial charge on any atom is 0.269 e. The molecule has 0 saturated carbocycles. The van der Waals surface area contributed by atoms with Gasteiger partial charge in [0.1, 0.15) is 5.69 Å². The lowest BCUT2D eigenvalue weighted by molar-refractivity contribution is -0.254. The number of quaternary nitrogens is 1. The molecule has 0 bridgehead atoms. The lowest BCUT2D eigenvalue weighted by Crippen LogP contribution is -2.40. The van der Waals surface area contributed by atoms with Crippen LogP contribution in [0.25, 0.3) is 5.69 Å². The van der Waals surface area contributed by atoms with E-state index in [1.54, 1.807) is 23.9 Å². The topological polar surface area (TPSA) is 58.9 Å². The van der Waals surface area contributed by atoms with Gasteiger partial charge in [0, 0.05) is 31.0 Å². The normalized spacial score (nSPS) is 10.6. The molecule has 94 valence electrons. The summed E-state index contributed by atoms with van der Waals surface area (Å²) in [5.74, 6) is 0. The molecule has 0 atom stereocenters. The summed E-state index contributed by atoms with van der Waals surface area (Å²) in [5, 5.41) is 0. The Balaban J connectivity index is 2.63. The molecule has 0 aliphatic heterocycles. The Kier molecular flexibility index (Phi) is 3.96. The standard InChI is InChI=1S/C13H13BrN2O2/c1-18-8-9-7-10(15)4-5-12(9)16-6-2-3-11(14)13(16)17/h2-7H,8,15H2,1H3/p+1. The Bertz CT molecular complexity index is 623. The molecule has 2 rings (SSSR count). The summed E-state index contributed by atoms with van der Waals surface area (Å²) < 4.78 is 7.29. The third-order valence-electron chi connectivity index (χ3n) is 2.60. The summed E-state index contributed by atoms with van der Waals surface area (Å²) in [6, 6.07) is 9.23. The van der Waals surface area contributed by atoms with Crippen molar-refractivity contribution in [2.75, 3.05) is 7.11 Å². The second-order valence-corrected chi connectivity index (χ2v) is 4.78. The summed E-state index contributed by atoms with van der Waals surface area (Å²) in [6.45, 7) is 0.442. The third kappa shape index (κ3) is 2.53. The summed E-state index contributed by atoms with van der Waals surface area (Å²) >= 11 is 3.24. The predicted molar refractivity (Wildman–Crippen MR) is 73.0 cm³/mol. The Labute approximate surface area is 113 Å². The van der Waals surface area contributed by atoms with Gasteiger partial charge in [-0.25, -0.2) is 0 Å². The zero-order valence-electron chi connectivity index (χ0n) is 10.0. The van der Waals surface area contributed by atoms with Gasteiger partial charge in [-0.15, -0.1) is 0 Å². The van der Waals surface area contributed by atoms with Gasteiger partial charge >= 0.3 is 0 Å². The van der Waals surface area contributed by atoms with Gasteiger partial charge in [-0.2, -0.15) is 0 Å². The molecular weight excluding hydrogens is 296 g/mol. The van der Waals surface area contributed by atoms with E-state index < -0.39 is 0 Å². The van der Waals surface area contributed by atoms with Crippen LogP contribution in [0.15, 0.2) is 45.8 Å². The molecule has 0 aliphatic rings. The van der Waals surface area contributed by atoms with Gasteiger partial charge in [0.05, 0.1) is 16.8 Å². The van der Waals surface area contributed by atoms with Crippen molar-refractivity contribution >= 4 is 21.6 Å². The molecule has 0 amide bonds. The first-order chi connectivity index (χ1) is 8.63. The number of hydrogen-bond donors (Lipinski definition) is 1. The van der Waals surface area contributed by atoms with E-state index in [1.165, 1.54) is 0 Å². The van der Waals surface area contributed by atoms with Crippen LogP contribution >= 0.6 is 15.9 Å². The number of halogens is 1. The molecule has 0 saturated heterocycles. The van der Waals surface area contributed by atoms with E-state index in [0.717, 1.165) is 16.9 Å². The highest BCUT2D eigenvalue weighted by Gasteiger charge is 2.09. The molecule has 0 aliphatic carbocycles. The molecular formula is C13H14BrN2O2+. The maximum absolute atomic E-state index is 12.1. The van der Waals surface area contributed by atoms with E-state index in [2.05, 4.69) is 21.7 Å². The predicted octanol–water partition coefficient (Wildman–Crippen LogP) is 1.62. The molecule has 4 nitrogen and oxygen atoms in total. The fourth-order valence-corrected chi connectivity index (χ4v) is 2.15. The van der Waals surface area contributed by atoms with Gasteiger partial charge < -0.3 is 10.5 Å². The van der Waals surface area contributed by atoms with Crippen molar-refractivity contribution in [3.63, 3.8) is 0 Å². The second kappa shape index (κ2) is 5.48. The van der Waals surface area contributed by atoms with E-state index in [-0.39, 0.29) is 5.56 Å². The molecule has 1 aromatic heterocycles. The summed E-state index contributed by atoms with van der Waals surface area (Å²) in [7, 11) is 1.63. The van der Waals surface area contributed by atoms with Crippen LogP contribution in [0.1, 0.15) is 5.56 Å². The highest BCUT2D eigenvalue weighted by molar-refractivity contribution is 9.10. The van der Waals surface area contributed by atoms with Crippen LogP contribution in [0, 0.1) is 0 Å². The zero-order chi connectivity index (χ0) is 13.1. The average Bonchev–Trinajstić information content (AvgIpc) is 2.34. The van der Waals surface area contributed by atoms with Gasteiger partial charge in [-0.05, 0) is 34.1 Å². The zero-order valence-corrected chi connectivity index (χ0v) is 11.6. The fourth-order valence-electron chi connectivity index (χ4n) is 1.80. The van der Waals surface area contributed by atoms with Gasteiger partial charge in [0.2, 0.25) is 0 Å². The van der Waals surface area contributed by atoms with Crippen molar-refractivity contribution in [3.05, 3.63) is 56.9 Å². The van der Waals surface area contributed by atoms with E-state index in [0.29, 0.717) is 11.1 Å². The fraction of sp³-hybridized carbons (Fsp3) is 0.154. The molecule has 3 N–H and O–H groups in total. The molecule has 1 aromatic carbocycles. The monoisotopic (exact) mass is 309 g/mol. The Morgan fingerprint density at radius 2 is 2.17 bits per heavy atom.